The van der Waals surface area contributed by atoms with E-state index in [1.165, 1.54) is 0 Å². The van der Waals surface area contributed by atoms with E-state index in [0.717, 1.165) is 10.3 Å². The summed E-state index contributed by atoms with van der Waals surface area (Å²) in [7, 11) is 0. The topological polar surface area (TPSA) is 26.1 Å². The summed E-state index contributed by atoms with van der Waals surface area (Å²) in [6.07, 6.45) is 1.71. The Kier molecular flexibility index (Phi) is 3.28. The number of hydroxylamine groups is 1. The van der Waals surface area contributed by atoms with Crippen LogP contribution in [0.25, 0.3) is 0 Å². The van der Waals surface area contributed by atoms with Crippen molar-refractivity contribution in [2.45, 2.75) is 27.3 Å². The molecule has 0 aliphatic heterocycles. The zero-order valence-electron chi connectivity index (χ0n) is 9.03. The third-order valence-corrected chi connectivity index (χ3v) is 1.71. The van der Waals surface area contributed by atoms with E-state index in [1.807, 2.05) is 51.1 Å². The van der Waals surface area contributed by atoms with Crippen LogP contribution in [-0.4, -0.2) is 11.0 Å². The monoisotopic (exact) mass is 191 g/mol. The van der Waals surface area contributed by atoms with Gasteiger partial charge in [0.2, 0.25) is 0 Å². The van der Waals surface area contributed by atoms with E-state index >= 15 is 0 Å². The summed E-state index contributed by atoms with van der Waals surface area (Å²) in [6, 6.07) is 9.76. The third kappa shape index (κ3) is 4.08. The zero-order chi connectivity index (χ0) is 10.6. The Morgan fingerprint density at radius 2 is 1.79 bits per heavy atom. The fourth-order valence-electron chi connectivity index (χ4n) is 1.24. The minimum atomic E-state index is -0.0590. The van der Waals surface area contributed by atoms with Crippen molar-refractivity contribution in [3.05, 3.63) is 41.1 Å². The molecule has 0 spiro atoms. The maximum absolute atomic E-state index is 11.5. The quantitative estimate of drug-likeness (QED) is 0.305. The van der Waals surface area contributed by atoms with Gasteiger partial charge in [0.15, 0.2) is 12.8 Å². The van der Waals surface area contributed by atoms with Crippen LogP contribution in [0.2, 0.25) is 0 Å². The molecule has 0 saturated heterocycles. The SMILES string of the molecule is CC(C)(C)/C=[N+](/[O-])Cc1ccccc1. The number of hydrogen-bond donors (Lipinski definition) is 0. The minimum Gasteiger partial charge on any atom is -0.624 e. The molecule has 14 heavy (non-hydrogen) atoms. The van der Waals surface area contributed by atoms with Crippen molar-refractivity contribution in [1.29, 1.82) is 0 Å². The second-order valence-electron chi connectivity index (χ2n) is 4.56. The Hall–Kier alpha value is -1.31. The molecule has 0 aliphatic rings. The van der Waals surface area contributed by atoms with Gasteiger partial charge in [-0.15, -0.1) is 0 Å². The predicted molar refractivity (Wildman–Crippen MR) is 59.3 cm³/mol. The number of hydrogen-bond acceptors (Lipinski definition) is 1. The fourth-order valence-corrected chi connectivity index (χ4v) is 1.24. The van der Waals surface area contributed by atoms with Crippen LogP contribution in [0.15, 0.2) is 30.3 Å². The fraction of sp³-hybridized carbons (Fsp3) is 0.417. The van der Waals surface area contributed by atoms with Crippen molar-refractivity contribution in [1.82, 2.24) is 0 Å². The van der Waals surface area contributed by atoms with Crippen molar-refractivity contribution < 1.29 is 4.74 Å². The molecule has 0 aromatic heterocycles. The highest BCUT2D eigenvalue weighted by atomic mass is 16.5. The number of rotatable bonds is 2. The maximum Gasteiger partial charge on any atom is 0.178 e. The van der Waals surface area contributed by atoms with E-state index in [-0.39, 0.29) is 5.41 Å². The van der Waals surface area contributed by atoms with Gasteiger partial charge in [-0.2, -0.15) is 0 Å². The molecule has 2 heteroatoms. The van der Waals surface area contributed by atoms with E-state index < -0.39 is 0 Å². The van der Waals surface area contributed by atoms with E-state index in [4.69, 9.17) is 0 Å². The lowest BCUT2D eigenvalue weighted by atomic mass is 9.99. The summed E-state index contributed by atoms with van der Waals surface area (Å²) in [5, 5.41) is 11.5. The molecule has 0 amide bonds. The molecule has 1 aromatic carbocycles. The Bertz CT molecular complexity index is 309. The summed E-state index contributed by atoms with van der Waals surface area (Å²) >= 11 is 0. The largest absolute Gasteiger partial charge is 0.624 e. The van der Waals surface area contributed by atoms with Gasteiger partial charge in [-0.05, 0) is 0 Å². The average Bonchev–Trinajstić information content (AvgIpc) is 2.02. The standard InChI is InChI=1S/C12H17NO/c1-12(2,3)10-13(14)9-11-7-5-4-6-8-11/h4-8,10H,9H2,1-3H3/b13-10+. The Morgan fingerprint density at radius 3 is 2.29 bits per heavy atom. The van der Waals surface area contributed by atoms with Gasteiger partial charge in [-0.25, -0.2) is 4.74 Å². The van der Waals surface area contributed by atoms with E-state index in [9.17, 15) is 5.21 Å². The first-order valence-electron chi connectivity index (χ1n) is 4.81. The Balaban J connectivity index is 2.67. The highest BCUT2D eigenvalue weighted by Crippen LogP contribution is 2.09. The summed E-state index contributed by atoms with van der Waals surface area (Å²) in [4.78, 5) is 0. The van der Waals surface area contributed by atoms with Gasteiger partial charge < -0.3 is 5.21 Å². The van der Waals surface area contributed by atoms with Crippen molar-refractivity contribution in [3.8, 4) is 0 Å². The first-order chi connectivity index (χ1) is 6.47. The molecule has 1 rings (SSSR count). The maximum atomic E-state index is 11.5. The van der Waals surface area contributed by atoms with Crippen LogP contribution in [0, 0.1) is 10.6 Å². The first-order valence-corrected chi connectivity index (χ1v) is 4.81. The third-order valence-electron chi connectivity index (χ3n) is 1.71. The summed E-state index contributed by atoms with van der Waals surface area (Å²) in [5.74, 6) is 0. The molecule has 0 fully saturated rings. The summed E-state index contributed by atoms with van der Waals surface area (Å²) in [5.41, 5.74) is 0.985. The minimum absolute atomic E-state index is 0.0590. The van der Waals surface area contributed by atoms with Crippen molar-refractivity contribution in [2.24, 2.45) is 5.41 Å². The molecule has 0 aliphatic carbocycles. The van der Waals surface area contributed by atoms with Crippen LogP contribution < -0.4 is 0 Å². The van der Waals surface area contributed by atoms with E-state index in [0.29, 0.717) is 6.54 Å². The molecule has 0 bridgehead atoms. The highest BCUT2D eigenvalue weighted by molar-refractivity contribution is 5.58. The lowest BCUT2D eigenvalue weighted by molar-refractivity contribution is -0.473. The Morgan fingerprint density at radius 1 is 1.21 bits per heavy atom. The van der Waals surface area contributed by atoms with Crippen LogP contribution in [0.1, 0.15) is 26.3 Å². The van der Waals surface area contributed by atoms with Crippen LogP contribution in [0.3, 0.4) is 0 Å². The van der Waals surface area contributed by atoms with Crippen LogP contribution in [0.5, 0.6) is 0 Å². The van der Waals surface area contributed by atoms with Gasteiger partial charge in [0, 0.05) is 11.0 Å². The molecule has 0 saturated carbocycles. The smallest absolute Gasteiger partial charge is 0.178 e. The lowest BCUT2D eigenvalue weighted by Crippen LogP contribution is -2.16. The highest BCUT2D eigenvalue weighted by Gasteiger charge is 2.11. The van der Waals surface area contributed by atoms with Gasteiger partial charge in [0.05, 0.1) is 0 Å². The summed E-state index contributed by atoms with van der Waals surface area (Å²) < 4.78 is 0.995. The van der Waals surface area contributed by atoms with Gasteiger partial charge in [0.25, 0.3) is 0 Å². The molecule has 76 valence electrons. The summed E-state index contributed by atoms with van der Waals surface area (Å²) in [6.45, 7) is 6.48. The average molecular weight is 191 g/mol. The van der Waals surface area contributed by atoms with Crippen molar-refractivity contribution >= 4 is 6.21 Å². The second kappa shape index (κ2) is 4.27. The number of benzene rings is 1. The molecule has 1 aromatic rings. The molecule has 2 nitrogen and oxygen atoms in total. The second-order valence-corrected chi connectivity index (χ2v) is 4.56. The van der Waals surface area contributed by atoms with Gasteiger partial charge in [-0.3, -0.25) is 0 Å². The van der Waals surface area contributed by atoms with Crippen LogP contribution >= 0.6 is 0 Å². The number of nitrogens with zero attached hydrogens (tertiary/aromatic N) is 1. The van der Waals surface area contributed by atoms with Gasteiger partial charge in [-0.1, -0.05) is 51.1 Å². The van der Waals surface area contributed by atoms with Crippen molar-refractivity contribution in [3.63, 3.8) is 0 Å². The van der Waals surface area contributed by atoms with E-state index in [2.05, 4.69) is 0 Å². The predicted octanol–water partition coefficient (Wildman–Crippen LogP) is 2.81. The van der Waals surface area contributed by atoms with Crippen LogP contribution in [-0.2, 0) is 6.54 Å². The van der Waals surface area contributed by atoms with Crippen molar-refractivity contribution in [2.75, 3.05) is 0 Å². The first kappa shape index (κ1) is 10.8. The molecular weight excluding hydrogens is 174 g/mol. The molecule has 0 heterocycles. The normalized spacial score (nSPS) is 12.9. The van der Waals surface area contributed by atoms with Gasteiger partial charge >= 0.3 is 0 Å². The van der Waals surface area contributed by atoms with Crippen LogP contribution in [0.4, 0.5) is 0 Å². The van der Waals surface area contributed by atoms with Gasteiger partial charge in [0.1, 0.15) is 0 Å². The molecule has 0 atom stereocenters. The molecule has 0 N–H and O–H groups in total. The molecule has 0 radical (unpaired) electrons. The molecular formula is C12H17NO. The Labute approximate surface area is 85.5 Å². The molecule has 0 unspecified atom stereocenters. The zero-order valence-corrected chi connectivity index (χ0v) is 9.03. The lowest BCUT2D eigenvalue weighted by Gasteiger charge is -2.12. The van der Waals surface area contributed by atoms with E-state index in [1.54, 1.807) is 6.21 Å².